The summed E-state index contributed by atoms with van der Waals surface area (Å²) >= 11 is 0. The maximum Gasteiger partial charge on any atom is 0.513 e. The van der Waals surface area contributed by atoms with E-state index in [-0.39, 0.29) is 37.2 Å². The number of hydrogen-bond donors (Lipinski definition) is 1. The lowest BCUT2D eigenvalue weighted by Gasteiger charge is -2.23. The highest BCUT2D eigenvalue weighted by Crippen LogP contribution is 2.30. The van der Waals surface area contributed by atoms with Gasteiger partial charge in [-0.3, -0.25) is 4.79 Å². The van der Waals surface area contributed by atoms with Gasteiger partial charge in [0.15, 0.2) is 11.5 Å². The van der Waals surface area contributed by atoms with Gasteiger partial charge >= 0.3 is 24.4 Å². The van der Waals surface area contributed by atoms with Crippen LogP contribution in [0.15, 0.2) is 18.2 Å². The Kier molecular flexibility index (Phi) is 15.3. The summed E-state index contributed by atoms with van der Waals surface area (Å²) in [6.45, 7) is 10.8. The van der Waals surface area contributed by atoms with Crippen LogP contribution in [0.1, 0.15) is 72.8 Å². The van der Waals surface area contributed by atoms with Gasteiger partial charge in [-0.15, -0.1) is 0 Å². The summed E-state index contributed by atoms with van der Waals surface area (Å²) in [5.74, 6) is -0.933. The quantitative estimate of drug-likeness (QED) is 0.174. The number of benzene rings is 1. The third-order valence-corrected chi connectivity index (χ3v) is 5.24. The first kappa shape index (κ1) is 33.5. The molecule has 0 fully saturated rings. The molecule has 0 aliphatic heterocycles. The second kappa shape index (κ2) is 17.9. The molecular formula is C27H41NO11. The molecule has 220 valence electrons. The molecule has 12 nitrogen and oxygen atoms in total. The van der Waals surface area contributed by atoms with Crippen molar-refractivity contribution in [2.75, 3.05) is 13.2 Å². The van der Waals surface area contributed by atoms with E-state index in [9.17, 15) is 19.2 Å². The lowest BCUT2D eigenvalue weighted by Crippen LogP contribution is -2.39. The van der Waals surface area contributed by atoms with Gasteiger partial charge in [-0.25, -0.2) is 14.4 Å². The predicted octanol–water partition coefficient (Wildman–Crippen LogP) is 5.07. The summed E-state index contributed by atoms with van der Waals surface area (Å²) in [6.07, 6.45) is -1.93. The van der Waals surface area contributed by atoms with Crippen molar-refractivity contribution in [3.05, 3.63) is 23.8 Å². The number of carbonyl (C=O) groups is 4. The molecule has 1 unspecified atom stereocenters. The summed E-state index contributed by atoms with van der Waals surface area (Å²) in [5.41, 5.74) is 6.53. The molecule has 0 amide bonds. The van der Waals surface area contributed by atoms with E-state index in [1.807, 2.05) is 20.8 Å². The molecular weight excluding hydrogens is 514 g/mol. The van der Waals surface area contributed by atoms with Crippen LogP contribution in [0.2, 0.25) is 0 Å². The Balaban J connectivity index is 2.83. The molecule has 0 radical (unpaired) electrons. The van der Waals surface area contributed by atoms with E-state index >= 15 is 0 Å². The Morgan fingerprint density at radius 3 is 1.87 bits per heavy atom. The van der Waals surface area contributed by atoms with Crippen LogP contribution in [0.4, 0.5) is 14.4 Å². The summed E-state index contributed by atoms with van der Waals surface area (Å²) in [5, 5.41) is 0. The maximum atomic E-state index is 12.6. The van der Waals surface area contributed by atoms with E-state index in [0.717, 1.165) is 6.42 Å². The number of esters is 1. The molecule has 1 aromatic rings. The molecule has 1 rings (SSSR count). The zero-order valence-corrected chi connectivity index (χ0v) is 23.6. The minimum Gasteiger partial charge on any atom is -0.458 e. The van der Waals surface area contributed by atoms with E-state index in [2.05, 4.69) is 0 Å². The van der Waals surface area contributed by atoms with Crippen LogP contribution in [-0.4, -0.2) is 62.0 Å². The number of ether oxygens (including phenoxy) is 7. The first-order valence-corrected chi connectivity index (χ1v) is 13.2. The zero-order chi connectivity index (χ0) is 29.4. The monoisotopic (exact) mass is 555 g/mol. The molecule has 1 aromatic carbocycles. The van der Waals surface area contributed by atoms with Gasteiger partial charge in [0.2, 0.25) is 0 Å². The Morgan fingerprint density at radius 1 is 0.744 bits per heavy atom. The Bertz CT molecular complexity index is 936. The first-order valence-electron chi connectivity index (χ1n) is 13.2. The average molecular weight is 556 g/mol. The topological polar surface area (TPSA) is 159 Å². The van der Waals surface area contributed by atoms with Gasteiger partial charge < -0.3 is 38.9 Å². The molecule has 0 heterocycles. The lowest BCUT2D eigenvalue weighted by atomic mass is 10.1. The minimum absolute atomic E-state index is 0.00169. The number of carbonyl (C=O) groups excluding carboxylic acids is 4. The highest BCUT2D eigenvalue weighted by molar-refractivity contribution is 5.76. The molecule has 0 spiro atoms. The fraction of sp³-hybridized carbons (Fsp3) is 0.630. The van der Waals surface area contributed by atoms with Gasteiger partial charge in [0.05, 0.1) is 13.2 Å². The molecule has 12 heteroatoms. The van der Waals surface area contributed by atoms with Crippen molar-refractivity contribution in [1.29, 1.82) is 0 Å². The molecule has 0 aliphatic rings. The molecule has 39 heavy (non-hydrogen) atoms. The minimum atomic E-state index is -1.10. The van der Waals surface area contributed by atoms with Crippen molar-refractivity contribution in [3.8, 4) is 11.5 Å². The first-order chi connectivity index (χ1) is 18.5. The summed E-state index contributed by atoms with van der Waals surface area (Å²) < 4.78 is 35.9. The normalized spacial score (nSPS) is 13.7. The van der Waals surface area contributed by atoms with Gasteiger partial charge in [-0.2, -0.15) is 0 Å². The fourth-order valence-electron chi connectivity index (χ4n) is 3.06. The summed E-state index contributed by atoms with van der Waals surface area (Å²) in [6, 6.07) is 3.22. The highest BCUT2D eigenvalue weighted by atomic mass is 16.8. The Hall–Kier alpha value is -3.54. The molecule has 0 saturated carbocycles. The molecule has 2 N–H and O–H groups in total. The van der Waals surface area contributed by atoms with Crippen LogP contribution >= 0.6 is 0 Å². The number of hydrogen-bond acceptors (Lipinski definition) is 12. The SMILES string of the molecule is CCCOC(=O)Oc1ccc(C[C@H](N)C(=O)O[C@@H](C)[C@H](C)OC(=O)OC(C)CCC)cc1OC(=O)OCCC. The van der Waals surface area contributed by atoms with E-state index < -0.39 is 42.7 Å². The van der Waals surface area contributed by atoms with Crippen LogP contribution in [0.5, 0.6) is 11.5 Å². The largest absolute Gasteiger partial charge is 0.513 e. The van der Waals surface area contributed by atoms with E-state index in [0.29, 0.717) is 24.8 Å². The van der Waals surface area contributed by atoms with Crippen molar-refractivity contribution in [2.45, 2.75) is 98.0 Å². The van der Waals surface area contributed by atoms with Crippen LogP contribution in [0.3, 0.4) is 0 Å². The summed E-state index contributed by atoms with van der Waals surface area (Å²) in [4.78, 5) is 48.4. The standard InChI is InChI=1S/C27H41NO11/c1-7-10-17(4)35-27(32)37-19(6)18(5)36-24(29)21(28)15-20-11-12-22(38-25(30)33-13-8-2)23(16-20)39-26(31)34-14-9-3/h11-12,16-19,21H,7-10,13-15,28H2,1-6H3/t17?,18-,19-,21-/m0/s1. The van der Waals surface area contributed by atoms with Crippen LogP contribution < -0.4 is 15.2 Å². The molecule has 0 saturated heterocycles. The van der Waals surface area contributed by atoms with Crippen molar-refractivity contribution >= 4 is 24.4 Å². The molecule has 4 atom stereocenters. The van der Waals surface area contributed by atoms with Gasteiger partial charge in [-0.1, -0.05) is 33.3 Å². The van der Waals surface area contributed by atoms with Gasteiger partial charge in [0, 0.05) is 0 Å². The smallest absolute Gasteiger partial charge is 0.458 e. The molecule has 0 aromatic heterocycles. The van der Waals surface area contributed by atoms with Crippen molar-refractivity contribution in [1.82, 2.24) is 0 Å². The fourth-order valence-corrected chi connectivity index (χ4v) is 3.06. The number of rotatable bonds is 15. The average Bonchev–Trinajstić information content (AvgIpc) is 2.87. The van der Waals surface area contributed by atoms with Gasteiger partial charge in [0.1, 0.15) is 24.4 Å². The van der Waals surface area contributed by atoms with E-state index in [4.69, 9.17) is 38.9 Å². The predicted molar refractivity (Wildman–Crippen MR) is 140 cm³/mol. The molecule has 0 aliphatic carbocycles. The van der Waals surface area contributed by atoms with Crippen molar-refractivity contribution < 1.29 is 52.3 Å². The van der Waals surface area contributed by atoms with Crippen LogP contribution in [0, 0.1) is 0 Å². The molecule has 0 bridgehead atoms. The lowest BCUT2D eigenvalue weighted by molar-refractivity contribution is -0.155. The summed E-state index contributed by atoms with van der Waals surface area (Å²) in [7, 11) is 0. The second-order valence-corrected chi connectivity index (χ2v) is 8.92. The maximum absolute atomic E-state index is 12.6. The van der Waals surface area contributed by atoms with Crippen LogP contribution in [0.25, 0.3) is 0 Å². The highest BCUT2D eigenvalue weighted by Gasteiger charge is 2.26. The second-order valence-electron chi connectivity index (χ2n) is 8.92. The van der Waals surface area contributed by atoms with Crippen LogP contribution in [-0.2, 0) is 34.9 Å². The van der Waals surface area contributed by atoms with Gasteiger partial charge in [-0.05, 0) is 64.2 Å². The third-order valence-electron chi connectivity index (χ3n) is 5.24. The van der Waals surface area contributed by atoms with E-state index in [1.165, 1.54) is 12.1 Å². The van der Waals surface area contributed by atoms with Gasteiger partial charge in [0.25, 0.3) is 0 Å². The third kappa shape index (κ3) is 13.2. The van der Waals surface area contributed by atoms with Crippen molar-refractivity contribution in [2.24, 2.45) is 5.73 Å². The number of nitrogens with two attached hydrogens (primary N) is 1. The zero-order valence-electron chi connectivity index (χ0n) is 23.6. The Morgan fingerprint density at radius 2 is 1.31 bits per heavy atom. The Labute approximate surface area is 229 Å². The van der Waals surface area contributed by atoms with Crippen molar-refractivity contribution in [3.63, 3.8) is 0 Å². The van der Waals surface area contributed by atoms with E-state index in [1.54, 1.807) is 26.8 Å².